The predicted molar refractivity (Wildman–Crippen MR) is 98.3 cm³/mol. The predicted octanol–water partition coefficient (Wildman–Crippen LogP) is 3.82. The zero-order chi connectivity index (χ0) is 18.6. The molecular formula is C20H20N4O3. The normalized spacial score (nSPS) is 14.9. The molecule has 3 heterocycles. The van der Waals surface area contributed by atoms with Crippen LogP contribution in [0.25, 0.3) is 11.4 Å². The van der Waals surface area contributed by atoms with Crippen molar-refractivity contribution in [2.24, 2.45) is 0 Å². The summed E-state index contributed by atoms with van der Waals surface area (Å²) >= 11 is 0. The summed E-state index contributed by atoms with van der Waals surface area (Å²) in [7, 11) is 0. The average molecular weight is 364 g/mol. The maximum atomic E-state index is 12.3. The third-order valence-corrected chi connectivity index (χ3v) is 4.67. The van der Waals surface area contributed by atoms with Gasteiger partial charge in [0.15, 0.2) is 5.75 Å². The molecule has 7 heteroatoms. The van der Waals surface area contributed by atoms with Gasteiger partial charge in [0.05, 0.1) is 6.20 Å². The fourth-order valence-corrected chi connectivity index (χ4v) is 3.09. The molecule has 1 saturated heterocycles. The van der Waals surface area contributed by atoms with Crippen LogP contribution in [0.15, 0.2) is 53.2 Å². The lowest BCUT2D eigenvalue weighted by molar-refractivity contribution is 0.135. The molecule has 1 aliphatic heterocycles. The molecule has 2 aromatic heterocycles. The lowest BCUT2D eigenvalue weighted by Gasteiger charge is -2.29. The van der Waals surface area contributed by atoms with Crippen molar-refractivity contribution in [3.05, 3.63) is 60.2 Å². The van der Waals surface area contributed by atoms with Gasteiger partial charge in [0.1, 0.15) is 0 Å². The van der Waals surface area contributed by atoms with Crippen LogP contribution in [0.2, 0.25) is 0 Å². The Morgan fingerprint density at radius 2 is 1.93 bits per heavy atom. The van der Waals surface area contributed by atoms with Gasteiger partial charge in [0.2, 0.25) is 11.7 Å². The Balaban J connectivity index is 1.34. The Kier molecular flexibility index (Phi) is 4.82. The van der Waals surface area contributed by atoms with E-state index in [0.29, 0.717) is 30.6 Å². The summed E-state index contributed by atoms with van der Waals surface area (Å²) in [6, 6.07) is 13.3. The van der Waals surface area contributed by atoms with E-state index in [9.17, 15) is 4.79 Å². The number of carbonyl (C=O) groups is 1. The van der Waals surface area contributed by atoms with Gasteiger partial charge in [-0.1, -0.05) is 35.5 Å². The number of hydrogen-bond donors (Lipinski definition) is 0. The van der Waals surface area contributed by atoms with Crippen LogP contribution in [0.1, 0.15) is 30.3 Å². The third kappa shape index (κ3) is 3.97. The standard InChI is InChI=1S/C20H20N4O3/c1-14-7-8-17(13-21-14)26-20(25)24-11-9-16(10-12-24)19-22-18(23-27-19)15-5-3-2-4-6-15/h2-8,13,16H,9-12H2,1H3. The summed E-state index contributed by atoms with van der Waals surface area (Å²) in [5.41, 5.74) is 1.81. The maximum Gasteiger partial charge on any atom is 0.415 e. The number of nitrogens with zero attached hydrogens (tertiary/aromatic N) is 4. The van der Waals surface area contributed by atoms with Gasteiger partial charge in [-0.2, -0.15) is 4.98 Å². The van der Waals surface area contributed by atoms with E-state index in [1.807, 2.05) is 43.3 Å². The number of likely N-dealkylation sites (tertiary alicyclic amines) is 1. The number of aryl methyl sites for hydroxylation is 1. The number of hydrogen-bond acceptors (Lipinski definition) is 6. The quantitative estimate of drug-likeness (QED) is 0.703. The molecule has 0 N–H and O–H groups in total. The van der Waals surface area contributed by atoms with E-state index in [-0.39, 0.29) is 12.0 Å². The molecule has 4 rings (SSSR count). The highest BCUT2D eigenvalue weighted by atomic mass is 16.6. The molecule has 0 atom stereocenters. The van der Waals surface area contributed by atoms with Crippen LogP contribution in [0.3, 0.4) is 0 Å². The molecule has 7 nitrogen and oxygen atoms in total. The molecule has 0 spiro atoms. The van der Waals surface area contributed by atoms with Crippen LogP contribution in [0.5, 0.6) is 5.75 Å². The molecule has 0 saturated carbocycles. The second-order valence-corrected chi connectivity index (χ2v) is 6.59. The minimum absolute atomic E-state index is 0.153. The third-order valence-electron chi connectivity index (χ3n) is 4.67. The molecule has 1 amide bonds. The molecule has 3 aromatic rings. The van der Waals surface area contributed by atoms with Gasteiger partial charge in [-0.25, -0.2) is 4.79 Å². The zero-order valence-electron chi connectivity index (χ0n) is 15.0. The fraction of sp³-hybridized carbons (Fsp3) is 0.300. The Morgan fingerprint density at radius 3 is 2.63 bits per heavy atom. The summed E-state index contributed by atoms with van der Waals surface area (Å²) in [4.78, 5) is 22.7. The van der Waals surface area contributed by atoms with E-state index in [0.717, 1.165) is 24.1 Å². The van der Waals surface area contributed by atoms with Crippen molar-refractivity contribution in [2.75, 3.05) is 13.1 Å². The first-order valence-electron chi connectivity index (χ1n) is 8.97. The molecule has 1 fully saturated rings. The number of pyridine rings is 1. The number of carbonyl (C=O) groups excluding carboxylic acids is 1. The van der Waals surface area contributed by atoms with Gasteiger partial charge in [0, 0.05) is 30.3 Å². The highest BCUT2D eigenvalue weighted by molar-refractivity contribution is 5.70. The van der Waals surface area contributed by atoms with E-state index in [2.05, 4.69) is 15.1 Å². The fourth-order valence-electron chi connectivity index (χ4n) is 3.09. The van der Waals surface area contributed by atoms with Crippen LogP contribution in [-0.4, -0.2) is 39.2 Å². The molecule has 0 bridgehead atoms. The van der Waals surface area contributed by atoms with Crippen LogP contribution in [-0.2, 0) is 0 Å². The molecule has 0 radical (unpaired) electrons. The van der Waals surface area contributed by atoms with Gasteiger partial charge < -0.3 is 14.2 Å². The summed E-state index contributed by atoms with van der Waals surface area (Å²) in [6.45, 7) is 3.06. The van der Waals surface area contributed by atoms with Crippen molar-refractivity contribution < 1.29 is 14.1 Å². The lowest BCUT2D eigenvalue weighted by Crippen LogP contribution is -2.39. The van der Waals surface area contributed by atoms with Gasteiger partial charge in [-0.15, -0.1) is 0 Å². The molecule has 0 aliphatic carbocycles. The van der Waals surface area contributed by atoms with Crippen molar-refractivity contribution in [1.82, 2.24) is 20.0 Å². The first-order valence-corrected chi connectivity index (χ1v) is 8.97. The Bertz CT molecular complexity index is 900. The van der Waals surface area contributed by atoms with Crippen LogP contribution >= 0.6 is 0 Å². The maximum absolute atomic E-state index is 12.3. The molecule has 138 valence electrons. The van der Waals surface area contributed by atoms with Gasteiger partial charge in [-0.3, -0.25) is 4.98 Å². The van der Waals surface area contributed by atoms with E-state index < -0.39 is 0 Å². The van der Waals surface area contributed by atoms with Crippen LogP contribution in [0, 0.1) is 6.92 Å². The number of rotatable bonds is 3. The van der Waals surface area contributed by atoms with Crippen molar-refractivity contribution in [1.29, 1.82) is 0 Å². The summed E-state index contributed by atoms with van der Waals surface area (Å²) in [5, 5.41) is 4.08. The number of benzene rings is 1. The number of ether oxygens (including phenoxy) is 1. The summed E-state index contributed by atoms with van der Waals surface area (Å²) in [6.07, 6.45) is 2.73. The topological polar surface area (TPSA) is 81.4 Å². The van der Waals surface area contributed by atoms with Crippen molar-refractivity contribution >= 4 is 6.09 Å². The van der Waals surface area contributed by atoms with Gasteiger partial charge in [-0.05, 0) is 31.9 Å². The molecule has 27 heavy (non-hydrogen) atoms. The first-order chi connectivity index (χ1) is 13.2. The van der Waals surface area contributed by atoms with Gasteiger partial charge in [0.25, 0.3) is 0 Å². The molecule has 0 unspecified atom stereocenters. The van der Waals surface area contributed by atoms with E-state index in [1.165, 1.54) is 0 Å². The number of aromatic nitrogens is 3. The second kappa shape index (κ2) is 7.57. The molecular weight excluding hydrogens is 344 g/mol. The van der Waals surface area contributed by atoms with Crippen molar-refractivity contribution in [3.63, 3.8) is 0 Å². The second-order valence-electron chi connectivity index (χ2n) is 6.59. The van der Waals surface area contributed by atoms with E-state index in [1.54, 1.807) is 17.2 Å². The highest BCUT2D eigenvalue weighted by Crippen LogP contribution is 2.29. The van der Waals surface area contributed by atoms with E-state index in [4.69, 9.17) is 9.26 Å². The zero-order valence-corrected chi connectivity index (χ0v) is 15.0. The minimum atomic E-state index is -0.352. The number of piperidine rings is 1. The average Bonchev–Trinajstić information content (AvgIpc) is 3.21. The Morgan fingerprint density at radius 1 is 1.15 bits per heavy atom. The van der Waals surface area contributed by atoms with Crippen LogP contribution in [0.4, 0.5) is 4.79 Å². The monoisotopic (exact) mass is 364 g/mol. The van der Waals surface area contributed by atoms with Crippen molar-refractivity contribution in [3.8, 4) is 17.1 Å². The first kappa shape index (κ1) is 17.2. The minimum Gasteiger partial charge on any atom is -0.409 e. The number of amides is 1. The summed E-state index contributed by atoms with van der Waals surface area (Å²) < 4.78 is 10.8. The highest BCUT2D eigenvalue weighted by Gasteiger charge is 2.28. The lowest BCUT2D eigenvalue weighted by atomic mass is 9.97. The molecule has 1 aliphatic rings. The molecule has 1 aromatic carbocycles. The van der Waals surface area contributed by atoms with Crippen LogP contribution < -0.4 is 4.74 Å². The van der Waals surface area contributed by atoms with Gasteiger partial charge >= 0.3 is 6.09 Å². The smallest absolute Gasteiger partial charge is 0.409 e. The summed E-state index contributed by atoms with van der Waals surface area (Å²) in [5.74, 6) is 1.83. The SMILES string of the molecule is Cc1ccc(OC(=O)N2CCC(c3nc(-c4ccccc4)no3)CC2)cn1. The Labute approximate surface area is 157 Å². The largest absolute Gasteiger partial charge is 0.415 e. The Hall–Kier alpha value is -3.22. The van der Waals surface area contributed by atoms with Crippen molar-refractivity contribution in [2.45, 2.75) is 25.7 Å². The van der Waals surface area contributed by atoms with E-state index >= 15 is 0 Å².